The fourth-order valence-electron chi connectivity index (χ4n) is 2.14. The van der Waals surface area contributed by atoms with Gasteiger partial charge in [0, 0.05) is 6.42 Å². The van der Waals surface area contributed by atoms with Gasteiger partial charge in [0.2, 0.25) is 17.7 Å². The van der Waals surface area contributed by atoms with Gasteiger partial charge in [-0.25, -0.2) is 0 Å². The minimum absolute atomic E-state index is 0.0208. The minimum Gasteiger partial charge on any atom is -0.481 e. The summed E-state index contributed by atoms with van der Waals surface area (Å²) >= 11 is 0. The number of hydrogen-bond donors (Lipinski definition) is 7. The highest BCUT2D eigenvalue weighted by atomic mass is 16.4. The Hall–Kier alpha value is -2.73. The monoisotopic (exact) mass is 404 g/mol. The van der Waals surface area contributed by atoms with Gasteiger partial charge in [0.25, 0.3) is 0 Å². The Kier molecular flexibility index (Phi) is 11.4. The van der Waals surface area contributed by atoms with Crippen LogP contribution in [-0.2, 0) is 24.0 Å². The molecule has 12 nitrogen and oxygen atoms in total. The van der Waals surface area contributed by atoms with Crippen LogP contribution in [0.4, 0.5) is 0 Å². The first kappa shape index (κ1) is 25.3. The van der Waals surface area contributed by atoms with Crippen LogP contribution >= 0.6 is 0 Å². The number of carbonyl (C=O) groups is 5. The number of carboxylic acid groups (broad SMARTS) is 2. The van der Waals surface area contributed by atoms with E-state index in [1.807, 2.05) is 0 Å². The van der Waals surface area contributed by atoms with Gasteiger partial charge in [0.1, 0.15) is 18.6 Å². The fourth-order valence-corrected chi connectivity index (χ4v) is 2.14. The Balaban J connectivity index is 4.93. The van der Waals surface area contributed by atoms with E-state index in [1.165, 1.54) is 0 Å². The third-order valence-electron chi connectivity index (χ3n) is 3.58. The van der Waals surface area contributed by atoms with Crippen molar-refractivity contribution in [1.29, 1.82) is 0 Å². The molecule has 0 radical (unpaired) electrons. The van der Waals surface area contributed by atoms with Crippen LogP contribution in [0, 0.1) is 5.92 Å². The Labute approximate surface area is 161 Å². The number of rotatable bonds is 13. The van der Waals surface area contributed by atoms with Crippen molar-refractivity contribution in [3.8, 4) is 0 Å². The molecule has 28 heavy (non-hydrogen) atoms. The summed E-state index contributed by atoms with van der Waals surface area (Å²) < 4.78 is 0. The standard InChI is InChI=1S/C16H28N4O8/c1-8(2)5-10(15(27)18-6-13(24)25)19-16(28)11(7-21)20-14(26)9(17)3-4-12(22)23/h8-11,21H,3-7,17H2,1-2H3,(H,18,27)(H,19,28)(H,20,26)(H,22,23)(H,24,25). The molecule has 8 N–H and O–H groups in total. The van der Waals surface area contributed by atoms with Gasteiger partial charge in [-0.1, -0.05) is 13.8 Å². The summed E-state index contributed by atoms with van der Waals surface area (Å²) in [7, 11) is 0. The van der Waals surface area contributed by atoms with E-state index in [2.05, 4.69) is 16.0 Å². The molecule has 3 atom stereocenters. The van der Waals surface area contributed by atoms with E-state index >= 15 is 0 Å². The predicted molar refractivity (Wildman–Crippen MR) is 95.9 cm³/mol. The summed E-state index contributed by atoms with van der Waals surface area (Å²) in [5, 5.41) is 33.3. The van der Waals surface area contributed by atoms with Crippen LogP contribution in [0.2, 0.25) is 0 Å². The third kappa shape index (κ3) is 10.4. The van der Waals surface area contributed by atoms with Gasteiger partial charge < -0.3 is 37.0 Å². The number of nitrogens with two attached hydrogens (primary N) is 1. The molecule has 0 aliphatic carbocycles. The molecule has 3 amide bonds. The van der Waals surface area contributed by atoms with Crippen LogP contribution in [-0.4, -0.2) is 76.3 Å². The van der Waals surface area contributed by atoms with Crippen molar-refractivity contribution in [3.63, 3.8) is 0 Å². The summed E-state index contributed by atoms with van der Waals surface area (Å²) in [6.07, 6.45) is -0.305. The molecule has 0 aliphatic heterocycles. The summed E-state index contributed by atoms with van der Waals surface area (Å²) in [5.41, 5.74) is 5.54. The molecule has 0 heterocycles. The molecule has 0 rings (SSSR count). The first-order valence-corrected chi connectivity index (χ1v) is 8.66. The van der Waals surface area contributed by atoms with E-state index in [-0.39, 0.29) is 25.2 Å². The third-order valence-corrected chi connectivity index (χ3v) is 3.58. The highest BCUT2D eigenvalue weighted by molar-refractivity contribution is 5.93. The van der Waals surface area contributed by atoms with Crippen LogP contribution in [0.15, 0.2) is 0 Å². The number of aliphatic hydroxyl groups excluding tert-OH is 1. The number of amides is 3. The lowest BCUT2D eigenvalue weighted by Gasteiger charge is -2.23. The van der Waals surface area contributed by atoms with Crippen LogP contribution in [0.5, 0.6) is 0 Å². The lowest BCUT2D eigenvalue weighted by atomic mass is 10.0. The van der Waals surface area contributed by atoms with E-state index in [9.17, 15) is 29.1 Å². The maximum Gasteiger partial charge on any atom is 0.322 e. The molecular weight excluding hydrogens is 376 g/mol. The van der Waals surface area contributed by atoms with Gasteiger partial charge in [0.05, 0.1) is 12.6 Å². The average molecular weight is 404 g/mol. The highest BCUT2D eigenvalue weighted by Gasteiger charge is 2.28. The second kappa shape index (κ2) is 12.6. The molecule has 12 heteroatoms. The van der Waals surface area contributed by atoms with E-state index < -0.39 is 60.9 Å². The number of hydrogen-bond acceptors (Lipinski definition) is 7. The van der Waals surface area contributed by atoms with Crippen LogP contribution in [0.3, 0.4) is 0 Å². The van der Waals surface area contributed by atoms with Gasteiger partial charge in [-0.15, -0.1) is 0 Å². The van der Waals surface area contributed by atoms with Gasteiger partial charge in [-0.2, -0.15) is 0 Å². The number of aliphatic hydroxyl groups is 1. The summed E-state index contributed by atoms with van der Waals surface area (Å²) in [4.78, 5) is 57.4. The minimum atomic E-state index is -1.41. The van der Waals surface area contributed by atoms with Gasteiger partial charge in [-0.05, 0) is 18.8 Å². The summed E-state index contributed by atoms with van der Waals surface area (Å²) in [5.74, 6) is -4.82. The quantitative estimate of drug-likeness (QED) is 0.171. The van der Waals surface area contributed by atoms with Crippen LogP contribution in [0.25, 0.3) is 0 Å². The topological polar surface area (TPSA) is 208 Å². The van der Waals surface area contributed by atoms with E-state index in [0.717, 1.165) is 0 Å². The normalized spacial score (nSPS) is 13.9. The molecule has 160 valence electrons. The Morgan fingerprint density at radius 2 is 1.46 bits per heavy atom. The average Bonchev–Trinajstić information content (AvgIpc) is 2.60. The van der Waals surface area contributed by atoms with Crippen molar-refractivity contribution >= 4 is 29.7 Å². The lowest BCUT2D eigenvalue weighted by Crippen LogP contribution is -2.57. The summed E-state index contributed by atoms with van der Waals surface area (Å²) in [6, 6.07) is -3.67. The summed E-state index contributed by atoms with van der Waals surface area (Å²) in [6.45, 7) is 2.17. The zero-order chi connectivity index (χ0) is 21.9. The van der Waals surface area contributed by atoms with Crippen LogP contribution in [0.1, 0.15) is 33.1 Å². The Morgan fingerprint density at radius 3 is 1.93 bits per heavy atom. The fraction of sp³-hybridized carbons (Fsp3) is 0.688. The van der Waals surface area contributed by atoms with Crippen LogP contribution < -0.4 is 21.7 Å². The van der Waals surface area contributed by atoms with Crippen molar-refractivity contribution in [3.05, 3.63) is 0 Å². The van der Waals surface area contributed by atoms with Crippen molar-refractivity contribution < 1.29 is 39.3 Å². The number of carboxylic acids is 2. The molecule has 0 aromatic rings. The highest BCUT2D eigenvalue weighted by Crippen LogP contribution is 2.06. The molecule has 0 fully saturated rings. The molecule has 0 aliphatic rings. The SMILES string of the molecule is CC(C)CC(NC(=O)C(CO)NC(=O)C(N)CCC(=O)O)C(=O)NCC(=O)O. The number of aliphatic carboxylic acids is 2. The zero-order valence-electron chi connectivity index (χ0n) is 15.8. The van der Waals surface area contributed by atoms with Gasteiger partial charge in [0.15, 0.2) is 0 Å². The molecule has 0 aromatic carbocycles. The number of carbonyl (C=O) groups excluding carboxylic acids is 3. The van der Waals surface area contributed by atoms with Crippen molar-refractivity contribution in [2.75, 3.05) is 13.2 Å². The predicted octanol–water partition coefficient (Wildman–Crippen LogP) is -2.61. The molecular formula is C16H28N4O8. The maximum atomic E-state index is 12.3. The molecule has 0 spiro atoms. The smallest absolute Gasteiger partial charge is 0.322 e. The lowest BCUT2D eigenvalue weighted by molar-refractivity contribution is -0.139. The molecule has 3 unspecified atom stereocenters. The molecule has 0 saturated heterocycles. The zero-order valence-corrected chi connectivity index (χ0v) is 15.8. The Bertz CT molecular complexity index is 581. The van der Waals surface area contributed by atoms with Crippen molar-refractivity contribution in [2.45, 2.75) is 51.2 Å². The van der Waals surface area contributed by atoms with Gasteiger partial charge >= 0.3 is 11.9 Å². The molecule has 0 bridgehead atoms. The second-order valence-corrected chi connectivity index (χ2v) is 6.58. The van der Waals surface area contributed by atoms with Crippen molar-refractivity contribution in [1.82, 2.24) is 16.0 Å². The molecule has 0 aromatic heterocycles. The van der Waals surface area contributed by atoms with Crippen molar-refractivity contribution in [2.24, 2.45) is 11.7 Å². The maximum absolute atomic E-state index is 12.3. The van der Waals surface area contributed by atoms with E-state index in [0.29, 0.717) is 0 Å². The molecule has 0 saturated carbocycles. The van der Waals surface area contributed by atoms with E-state index in [4.69, 9.17) is 15.9 Å². The van der Waals surface area contributed by atoms with Gasteiger partial charge in [-0.3, -0.25) is 24.0 Å². The van der Waals surface area contributed by atoms with E-state index in [1.54, 1.807) is 13.8 Å². The largest absolute Gasteiger partial charge is 0.481 e. The Morgan fingerprint density at radius 1 is 0.893 bits per heavy atom. The number of nitrogens with one attached hydrogen (secondary N) is 3. The second-order valence-electron chi connectivity index (χ2n) is 6.58. The first-order chi connectivity index (χ1) is 13.0. The first-order valence-electron chi connectivity index (χ1n) is 8.66.